The Hall–Kier alpha value is -1.85. The number of ether oxygens (including phenoxy) is 2. The monoisotopic (exact) mass is 341 g/mol. The third kappa shape index (κ3) is 1.59. The molecule has 2 bridgehead atoms. The minimum atomic E-state index is -0.947. The molecule has 4 aliphatic rings. The molecule has 2 unspecified atom stereocenters. The zero-order valence-corrected chi connectivity index (χ0v) is 14.5. The molecule has 1 aromatic carbocycles. The summed E-state index contributed by atoms with van der Waals surface area (Å²) in [5.74, 6) is 1.44. The van der Waals surface area contributed by atoms with Gasteiger partial charge in [0.05, 0.1) is 18.1 Å². The molecule has 5 heteroatoms. The van der Waals surface area contributed by atoms with Crippen molar-refractivity contribution < 1.29 is 19.4 Å². The maximum atomic E-state index is 12.8. The molecule has 1 spiro atoms. The lowest BCUT2D eigenvalue weighted by Crippen LogP contribution is -2.76. The normalized spacial score (nSPS) is 38.1. The second-order valence-electron chi connectivity index (χ2n) is 7.74. The van der Waals surface area contributed by atoms with E-state index < -0.39 is 17.1 Å². The lowest BCUT2D eigenvalue weighted by Gasteiger charge is -2.62. The average Bonchev–Trinajstić information content (AvgIpc) is 2.96. The van der Waals surface area contributed by atoms with Crippen LogP contribution in [-0.4, -0.2) is 53.7 Å². The molecule has 2 fully saturated rings. The smallest absolute Gasteiger partial charge is 0.174 e. The van der Waals surface area contributed by atoms with Crippen molar-refractivity contribution in [1.29, 1.82) is 0 Å². The molecule has 5 nitrogen and oxygen atoms in total. The predicted molar refractivity (Wildman–Crippen MR) is 92.2 cm³/mol. The van der Waals surface area contributed by atoms with Gasteiger partial charge < -0.3 is 14.6 Å². The Balaban J connectivity index is 1.79. The van der Waals surface area contributed by atoms with Crippen molar-refractivity contribution in [3.8, 4) is 11.5 Å². The van der Waals surface area contributed by atoms with Crippen LogP contribution in [0.1, 0.15) is 30.4 Å². The van der Waals surface area contributed by atoms with Gasteiger partial charge in [-0.2, -0.15) is 0 Å². The summed E-state index contributed by atoms with van der Waals surface area (Å²) < 4.78 is 11.7. The van der Waals surface area contributed by atoms with Gasteiger partial charge in [-0.25, -0.2) is 0 Å². The number of ketones is 1. The molecule has 1 N–H and O–H groups in total. The zero-order chi connectivity index (χ0) is 17.4. The Morgan fingerprint density at radius 2 is 2.32 bits per heavy atom. The first-order valence-electron chi connectivity index (χ1n) is 9.04. The summed E-state index contributed by atoms with van der Waals surface area (Å²) in [5, 5.41) is 11.9. The van der Waals surface area contributed by atoms with E-state index in [1.807, 2.05) is 12.1 Å². The van der Waals surface area contributed by atoms with E-state index in [0.717, 1.165) is 31.5 Å². The molecule has 1 aromatic rings. The maximum Gasteiger partial charge on any atom is 0.174 e. The van der Waals surface area contributed by atoms with E-state index in [0.29, 0.717) is 24.3 Å². The molecular formula is C20H23NO4. The fourth-order valence-electron chi connectivity index (χ4n) is 5.95. The van der Waals surface area contributed by atoms with Crippen molar-refractivity contribution in [1.82, 2.24) is 4.90 Å². The number of nitrogens with zero attached hydrogens (tertiary/aromatic N) is 1. The standard InChI is InChI=1S/C20H23NO4/c1-3-9-21-10-8-19-16-12-4-5-14(24-2)17(16)25-18(19)13(22)6-7-20(19,23)15(21)11-12/h3-5,15,18,23H,1,6-11H2,2H3/t15-,18+,19?,20?/m1/s1. The van der Waals surface area contributed by atoms with Crippen LogP contribution < -0.4 is 9.47 Å². The van der Waals surface area contributed by atoms with Crippen molar-refractivity contribution in [2.45, 2.75) is 48.8 Å². The number of likely N-dealkylation sites (tertiary alicyclic amines) is 1. The molecule has 4 atom stereocenters. The molecule has 2 aliphatic carbocycles. The number of hydrogen-bond acceptors (Lipinski definition) is 5. The molecule has 2 heterocycles. The van der Waals surface area contributed by atoms with Crippen molar-refractivity contribution in [3.05, 3.63) is 35.9 Å². The van der Waals surface area contributed by atoms with Gasteiger partial charge in [0, 0.05) is 31.1 Å². The van der Waals surface area contributed by atoms with Crippen LogP contribution in [0.25, 0.3) is 0 Å². The summed E-state index contributed by atoms with van der Waals surface area (Å²) in [6.07, 6.45) is 3.66. The predicted octanol–water partition coefficient (Wildman–Crippen LogP) is 1.60. The van der Waals surface area contributed by atoms with Gasteiger partial charge in [-0.05, 0) is 30.9 Å². The topological polar surface area (TPSA) is 59.0 Å². The second kappa shape index (κ2) is 4.86. The van der Waals surface area contributed by atoms with Gasteiger partial charge in [0.15, 0.2) is 23.4 Å². The highest BCUT2D eigenvalue weighted by Crippen LogP contribution is 2.64. The average molecular weight is 341 g/mol. The summed E-state index contributed by atoms with van der Waals surface area (Å²) in [4.78, 5) is 15.1. The van der Waals surface area contributed by atoms with E-state index in [2.05, 4.69) is 17.5 Å². The van der Waals surface area contributed by atoms with Gasteiger partial charge in [0.2, 0.25) is 0 Å². The van der Waals surface area contributed by atoms with Crippen molar-refractivity contribution in [3.63, 3.8) is 0 Å². The molecule has 5 rings (SSSR count). The second-order valence-corrected chi connectivity index (χ2v) is 7.74. The molecule has 0 radical (unpaired) electrons. The van der Waals surface area contributed by atoms with Gasteiger partial charge in [-0.3, -0.25) is 9.69 Å². The quantitative estimate of drug-likeness (QED) is 0.847. The van der Waals surface area contributed by atoms with Crippen LogP contribution in [0, 0.1) is 0 Å². The highest BCUT2D eigenvalue weighted by molar-refractivity contribution is 5.90. The third-order valence-corrected chi connectivity index (χ3v) is 6.94. The Labute approximate surface area is 147 Å². The maximum absolute atomic E-state index is 12.8. The van der Waals surface area contributed by atoms with Gasteiger partial charge in [0.1, 0.15) is 0 Å². The van der Waals surface area contributed by atoms with Gasteiger partial charge in [-0.15, -0.1) is 6.58 Å². The molecule has 0 aromatic heterocycles. The minimum Gasteiger partial charge on any atom is -0.493 e. The first-order chi connectivity index (χ1) is 12.1. The summed E-state index contributed by atoms with van der Waals surface area (Å²) in [6, 6.07) is 3.99. The van der Waals surface area contributed by atoms with Crippen LogP contribution in [0.5, 0.6) is 11.5 Å². The number of methoxy groups -OCH3 is 1. The molecular weight excluding hydrogens is 318 g/mol. The van der Waals surface area contributed by atoms with Crippen LogP contribution in [0.15, 0.2) is 24.8 Å². The molecule has 25 heavy (non-hydrogen) atoms. The van der Waals surface area contributed by atoms with Crippen LogP contribution in [-0.2, 0) is 16.6 Å². The third-order valence-electron chi connectivity index (χ3n) is 6.94. The van der Waals surface area contributed by atoms with E-state index in [1.165, 1.54) is 5.56 Å². The molecule has 2 aliphatic heterocycles. The number of Topliss-reactive ketones (excluding diaryl/α,β-unsaturated/α-hetero) is 1. The first kappa shape index (κ1) is 15.4. The van der Waals surface area contributed by atoms with Crippen LogP contribution in [0.2, 0.25) is 0 Å². The first-order valence-corrected chi connectivity index (χ1v) is 9.04. The number of benzene rings is 1. The number of aliphatic hydroxyl groups is 1. The molecule has 1 saturated carbocycles. The Bertz CT molecular complexity index is 790. The van der Waals surface area contributed by atoms with Crippen LogP contribution in [0.4, 0.5) is 0 Å². The lowest BCUT2D eigenvalue weighted by molar-refractivity contribution is -0.187. The van der Waals surface area contributed by atoms with E-state index in [1.54, 1.807) is 7.11 Å². The van der Waals surface area contributed by atoms with Crippen molar-refractivity contribution in [2.75, 3.05) is 20.2 Å². The zero-order valence-electron chi connectivity index (χ0n) is 14.5. The Morgan fingerprint density at radius 3 is 3.08 bits per heavy atom. The Kier molecular flexibility index (Phi) is 3.00. The van der Waals surface area contributed by atoms with E-state index in [9.17, 15) is 9.90 Å². The van der Waals surface area contributed by atoms with Crippen molar-refractivity contribution >= 4 is 5.78 Å². The van der Waals surface area contributed by atoms with E-state index >= 15 is 0 Å². The molecule has 132 valence electrons. The number of hydrogen-bond donors (Lipinski definition) is 1. The number of carbonyl (C=O) groups excluding carboxylic acids is 1. The molecule has 0 amide bonds. The SMILES string of the molecule is C=CCN1CCC23c4c5ccc(OC)c4O[C@H]2C(=O)CCC3(O)[C@H]1C5. The summed E-state index contributed by atoms with van der Waals surface area (Å²) >= 11 is 0. The number of rotatable bonds is 3. The van der Waals surface area contributed by atoms with Crippen molar-refractivity contribution in [2.24, 2.45) is 0 Å². The largest absolute Gasteiger partial charge is 0.493 e. The lowest BCUT2D eigenvalue weighted by atomic mass is 9.49. The van der Waals surface area contributed by atoms with Crippen LogP contribution in [0.3, 0.4) is 0 Å². The van der Waals surface area contributed by atoms with E-state index in [-0.39, 0.29) is 11.8 Å². The van der Waals surface area contributed by atoms with Gasteiger partial charge in [0.25, 0.3) is 0 Å². The highest BCUT2D eigenvalue weighted by Gasteiger charge is 2.73. The van der Waals surface area contributed by atoms with Crippen LogP contribution >= 0.6 is 0 Å². The minimum absolute atomic E-state index is 0.00899. The number of piperidine rings is 1. The van der Waals surface area contributed by atoms with Gasteiger partial charge >= 0.3 is 0 Å². The number of carbonyl (C=O) groups is 1. The molecule has 1 saturated heterocycles. The summed E-state index contributed by atoms with van der Waals surface area (Å²) in [5.41, 5.74) is 0.623. The summed E-state index contributed by atoms with van der Waals surface area (Å²) in [7, 11) is 1.62. The fourth-order valence-corrected chi connectivity index (χ4v) is 5.95. The summed E-state index contributed by atoms with van der Waals surface area (Å²) in [6.45, 7) is 5.46. The van der Waals surface area contributed by atoms with E-state index in [4.69, 9.17) is 9.47 Å². The highest BCUT2D eigenvalue weighted by atomic mass is 16.5. The Morgan fingerprint density at radius 1 is 1.48 bits per heavy atom. The van der Waals surface area contributed by atoms with Gasteiger partial charge in [-0.1, -0.05) is 12.1 Å². The fraction of sp³-hybridized carbons (Fsp3) is 0.550.